The summed E-state index contributed by atoms with van der Waals surface area (Å²) in [6, 6.07) is 17.9. The van der Waals surface area contributed by atoms with Crippen molar-refractivity contribution in [1.82, 2.24) is 4.90 Å². The van der Waals surface area contributed by atoms with E-state index in [2.05, 4.69) is 0 Å². The lowest BCUT2D eigenvalue weighted by Gasteiger charge is -2.26. The number of non-ortho nitro benzene ring substituents is 1. The van der Waals surface area contributed by atoms with E-state index in [1.54, 1.807) is 48.5 Å². The van der Waals surface area contributed by atoms with Crippen LogP contribution in [0.2, 0.25) is 5.02 Å². The van der Waals surface area contributed by atoms with Gasteiger partial charge in [0.05, 0.1) is 30.2 Å². The molecule has 1 saturated heterocycles. The molecule has 1 unspecified atom stereocenters. The van der Waals surface area contributed by atoms with Gasteiger partial charge in [-0.3, -0.25) is 19.7 Å². The van der Waals surface area contributed by atoms with E-state index >= 15 is 0 Å². The van der Waals surface area contributed by atoms with E-state index in [1.165, 1.54) is 36.3 Å². The first kappa shape index (κ1) is 23.0. The van der Waals surface area contributed by atoms with E-state index in [1.807, 2.05) is 0 Å². The standard InChI is InChI=1S/C25H19ClN2O6/c1-34-20-5-3-2-4-17(20)14-27-22(15-6-10-18(26)11-7-15)21(24(30)25(27)31)23(29)16-8-12-19(13-9-16)28(32)33/h2-13,22,29H,14H2,1H3/b23-21-. The van der Waals surface area contributed by atoms with Gasteiger partial charge in [-0.05, 0) is 35.9 Å². The molecule has 1 N–H and O–H groups in total. The molecule has 0 saturated carbocycles. The maximum atomic E-state index is 13.1. The Bertz CT molecular complexity index is 1300. The Labute approximate surface area is 199 Å². The Morgan fingerprint density at radius 1 is 1.06 bits per heavy atom. The SMILES string of the molecule is COc1ccccc1CN1C(=O)C(=O)/C(=C(\O)c2ccc([N+](=O)[O-])cc2)C1c1ccc(Cl)cc1. The van der Waals surface area contributed by atoms with Crippen molar-refractivity contribution in [3.8, 4) is 5.75 Å². The number of aliphatic hydroxyl groups excluding tert-OH is 1. The fourth-order valence-electron chi connectivity index (χ4n) is 3.95. The van der Waals surface area contributed by atoms with Crippen molar-refractivity contribution in [3.63, 3.8) is 0 Å². The average Bonchev–Trinajstić information content (AvgIpc) is 3.09. The second-order valence-electron chi connectivity index (χ2n) is 7.59. The van der Waals surface area contributed by atoms with Gasteiger partial charge in [0.15, 0.2) is 0 Å². The number of likely N-dealkylation sites (tertiary alicyclic amines) is 1. The highest BCUT2D eigenvalue weighted by molar-refractivity contribution is 6.46. The van der Waals surface area contributed by atoms with Gasteiger partial charge in [-0.25, -0.2) is 0 Å². The molecule has 3 aromatic rings. The number of nitro benzene ring substituents is 1. The van der Waals surface area contributed by atoms with Crippen LogP contribution in [0.5, 0.6) is 5.75 Å². The molecule has 172 valence electrons. The number of rotatable bonds is 6. The van der Waals surface area contributed by atoms with Crippen molar-refractivity contribution in [2.75, 3.05) is 7.11 Å². The number of halogens is 1. The first-order valence-electron chi connectivity index (χ1n) is 10.2. The molecule has 4 rings (SSSR count). The van der Waals surface area contributed by atoms with Crippen LogP contribution < -0.4 is 4.74 Å². The number of ether oxygens (including phenoxy) is 1. The van der Waals surface area contributed by atoms with Crippen molar-refractivity contribution in [2.45, 2.75) is 12.6 Å². The van der Waals surface area contributed by atoms with Crippen LogP contribution in [0.1, 0.15) is 22.7 Å². The molecule has 3 aromatic carbocycles. The summed E-state index contributed by atoms with van der Waals surface area (Å²) in [6.45, 7) is 0.0545. The minimum atomic E-state index is -0.905. The lowest BCUT2D eigenvalue weighted by Crippen LogP contribution is -2.29. The molecule has 1 aliphatic heterocycles. The zero-order chi connectivity index (χ0) is 24.4. The molecule has 0 aromatic heterocycles. The summed E-state index contributed by atoms with van der Waals surface area (Å²) in [7, 11) is 1.51. The smallest absolute Gasteiger partial charge is 0.295 e. The third kappa shape index (κ3) is 4.23. The predicted octanol–water partition coefficient (Wildman–Crippen LogP) is 4.88. The third-order valence-electron chi connectivity index (χ3n) is 5.61. The normalized spacial score (nSPS) is 17.1. The van der Waals surface area contributed by atoms with Crippen LogP contribution in [0.3, 0.4) is 0 Å². The van der Waals surface area contributed by atoms with Crippen molar-refractivity contribution >= 4 is 34.7 Å². The van der Waals surface area contributed by atoms with E-state index in [-0.39, 0.29) is 23.4 Å². The Hall–Kier alpha value is -4.17. The molecule has 1 heterocycles. The number of amides is 1. The lowest BCUT2D eigenvalue weighted by molar-refractivity contribution is -0.384. The van der Waals surface area contributed by atoms with Crippen LogP contribution in [-0.4, -0.2) is 33.7 Å². The van der Waals surface area contributed by atoms with Gasteiger partial charge in [-0.2, -0.15) is 0 Å². The summed E-state index contributed by atoms with van der Waals surface area (Å²) < 4.78 is 5.39. The summed E-state index contributed by atoms with van der Waals surface area (Å²) >= 11 is 6.04. The molecule has 0 aliphatic carbocycles. The number of Topliss-reactive ketones (excluding diaryl/α,β-unsaturated/α-hetero) is 1. The molecule has 1 fully saturated rings. The summed E-state index contributed by atoms with van der Waals surface area (Å²) in [5, 5.41) is 22.5. The van der Waals surface area contributed by atoms with Crippen molar-refractivity contribution < 1.29 is 24.4 Å². The molecule has 0 bridgehead atoms. The summed E-state index contributed by atoms with van der Waals surface area (Å²) in [4.78, 5) is 38.0. The Kier molecular flexibility index (Phi) is 6.34. The van der Waals surface area contributed by atoms with Gasteiger partial charge in [0.1, 0.15) is 11.5 Å². The quantitative estimate of drug-likeness (QED) is 0.178. The van der Waals surface area contributed by atoms with Crippen molar-refractivity contribution in [3.05, 3.63) is 110 Å². The molecule has 9 heteroatoms. The van der Waals surface area contributed by atoms with Crippen LogP contribution in [-0.2, 0) is 16.1 Å². The molecule has 1 atom stereocenters. The fraction of sp³-hybridized carbons (Fsp3) is 0.120. The van der Waals surface area contributed by atoms with Gasteiger partial charge >= 0.3 is 0 Å². The van der Waals surface area contributed by atoms with Crippen LogP contribution >= 0.6 is 11.6 Å². The minimum absolute atomic E-state index is 0.0545. The average molecular weight is 479 g/mol. The van der Waals surface area contributed by atoms with Crippen LogP contribution in [0.25, 0.3) is 5.76 Å². The molecule has 0 spiro atoms. The second-order valence-corrected chi connectivity index (χ2v) is 8.03. The van der Waals surface area contributed by atoms with Gasteiger partial charge in [0, 0.05) is 28.3 Å². The number of hydrogen-bond acceptors (Lipinski definition) is 6. The van der Waals surface area contributed by atoms with E-state index in [0.717, 1.165) is 0 Å². The zero-order valence-electron chi connectivity index (χ0n) is 18.0. The first-order chi connectivity index (χ1) is 16.3. The molecule has 34 heavy (non-hydrogen) atoms. The number of nitrogens with zero attached hydrogens (tertiary/aromatic N) is 2. The number of benzene rings is 3. The molecular weight excluding hydrogens is 460 g/mol. The molecule has 0 radical (unpaired) electrons. The number of methoxy groups -OCH3 is 1. The fourth-order valence-corrected chi connectivity index (χ4v) is 4.07. The highest BCUT2D eigenvalue weighted by Gasteiger charge is 2.46. The number of para-hydroxylation sites is 1. The van der Waals surface area contributed by atoms with E-state index in [0.29, 0.717) is 21.9 Å². The highest BCUT2D eigenvalue weighted by Crippen LogP contribution is 2.41. The molecule has 1 amide bonds. The van der Waals surface area contributed by atoms with Crippen LogP contribution in [0.4, 0.5) is 5.69 Å². The van der Waals surface area contributed by atoms with Crippen LogP contribution in [0.15, 0.2) is 78.4 Å². The number of aliphatic hydroxyl groups is 1. The Morgan fingerprint density at radius 2 is 1.71 bits per heavy atom. The van der Waals surface area contributed by atoms with E-state index in [9.17, 15) is 24.8 Å². The lowest BCUT2D eigenvalue weighted by atomic mass is 9.95. The highest BCUT2D eigenvalue weighted by atomic mass is 35.5. The number of carbonyl (C=O) groups is 2. The second kappa shape index (κ2) is 9.36. The monoisotopic (exact) mass is 478 g/mol. The number of hydrogen-bond donors (Lipinski definition) is 1. The molecule has 1 aliphatic rings. The predicted molar refractivity (Wildman–Crippen MR) is 125 cm³/mol. The largest absolute Gasteiger partial charge is 0.507 e. The first-order valence-corrected chi connectivity index (χ1v) is 10.6. The van der Waals surface area contributed by atoms with Gasteiger partial charge in [-0.15, -0.1) is 0 Å². The number of ketones is 1. The molecule has 8 nitrogen and oxygen atoms in total. The molecular formula is C25H19ClN2O6. The number of nitro groups is 1. The van der Waals surface area contributed by atoms with E-state index < -0.39 is 28.4 Å². The Balaban J connectivity index is 1.85. The van der Waals surface area contributed by atoms with E-state index in [4.69, 9.17) is 16.3 Å². The third-order valence-corrected chi connectivity index (χ3v) is 5.86. The van der Waals surface area contributed by atoms with Crippen LogP contribution in [0, 0.1) is 10.1 Å². The minimum Gasteiger partial charge on any atom is -0.507 e. The maximum absolute atomic E-state index is 13.1. The summed E-state index contributed by atoms with van der Waals surface area (Å²) in [5.41, 5.74) is 1.15. The van der Waals surface area contributed by atoms with Gasteiger partial charge < -0.3 is 14.7 Å². The zero-order valence-corrected chi connectivity index (χ0v) is 18.7. The topological polar surface area (TPSA) is 110 Å². The van der Waals surface area contributed by atoms with Gasteiger partial charge in [0.2, 0.25) is 0 Å². The van der Waals surface area contributed by atoms with Gasteiger partial charge in [0.25, 0.3) is 17.4 Å². The Morgan fingerprint density at radius 3 is 2.32 bits per heavy atom. The van der Waals surface area contributed by atoms with Gasteiger partial charge in [-0.1, -0.05) is 41.9 Å². The van der Waals surface area contributed by atoms with Crippen molar-refractivity contribution in [1.29, 1.82) is 0 Å². The maximum Gasteiger partial charge on any atom is 0.295 e. The number of carbonyl (C=O) groups excluding carboxylic acids is 2. The summed E-state index contributed by atoms with van der Waals surface area (Å²) in [6.07, 6.45) is 0. The summed E-state index contributed by atoms with van der Waals surface area (Å²) in [5.74, 6) is -1.51. The van der Waals surface area contributed by atoms with Crippen molar-refractivity contribution in [2.24, 2.45) is 0 Å².